The maximum atomic E-state index is 11.9. The molecule has 2 fully saturated rings. The van der Waals surface area contributed by atoms with Crippen LogP contribution in [-0.4, -0.2) is 67.6 Å². The van der Waals surface area contributed by atoms with Gasteiger partial charge in [-0.05, 0) is 12.8 Å². The lowest BCUT2D eigenvalue weighted by molar-refractivity contribution is -0.131. The molecular weight excluding hydrogens is 220 g/mol. The molecule has 2 heterocycles. The Hall–Kier alpha value is -1.30. The van der Waals surface area contributed by atoms with Crippen LogP contribution in [0.3, 0.4) is 0 Å². The van der Waals surface area contributed by atoms with Gasteiger partial charge in [-0.3, -0.25) is 4.79 Å². The van der Waals surface area contributed by atoms with Gasteiger partial charge in [0.25, 0.3) is 0 Å². The van der Waals surface area contributed by atoms with E-state index >= 15 is 0 Å². The number of rotatable bonds is 0. The Bertz CT molecular complexity index is 321. The van der Waals surface area contributed by atoms with Crippen molar-refractivity contribution >= 4 is 11.9 Å². The normalized spacial score (nSPS) is 23.4. The van der Waals surface area contributed by atoms with E-state index < -0.39 is 5.54 Å². The zero-order valence-corrected chi connectivity index (χ0v) is 10.5. The van der Waals surface area contributed by atoms with E-state index in [9.17, 15) is 9.59 Å². The van der Waals surface area contributed by atoms with Gasteiger partial charge in [-0.2, -0.15) is 0 Å². The first-order valence-electron chi connectivity index (χ1n) is 6.05. The molecular formula is C11H20N4O2. The van der Waals surface area contributed by atoms with Crippen molar-refractivity contribution in [3.05, 3.63) is 0 Å². The molecule has 2 aliphatic rings. The van der Waals surface area contributed by atoms with E-state index in [4.69, 9.17) is 0 Å². The Labute approximate surface area is 101 Å². The number of carbonyl (C=O) groups is 2. The van der Waals surface area contributed by atoms with Crippen molar-refractivity contribution in [1.29, 1.82) is 0 Å². The van der Waals surface area contributed by atoms with Gasteiger partial charge in [-0.25, -0.2) is 4.79 Å². The molecule has 6 nitrogen and oxygen atoms in total. The molecule has 0 atom stereocenters. The third-order valence-electron chi connectivity index (χ3n) is 3.58. The predicted octanol–water partition coefficient (Wildman–Crippen LogP) is -0.778. The lowest BCUT2D eigenvalue weighted by atomic mass is 9.85. The van der Waals surface area contributed by atoms with Crippen LogP contribution in [0.2, 0.25) is 0 Å². The highest BCUT2D eigenvalue weighted by atomic mass is 16.2. The van der Waals surface area contributed by atoms with Gasteiger partial charge in [0.1, 0.15) is 5.54 Å². The molecule has 2 N–H and O–H groups in total. The van der Waals surface area contributed by atoms with Crippen LogP contribution in [0.4, 0.5) is 4.79 Å². The van der Waals surface area contributed by atoms with Gasteiger partial charge in [0.05, 0.1) is 0 Å². The number of carbonyl (C=O) groups excluding carboxylic acids is 2. The van der Waals surface area contributed by atoms with E-state index in [0.29, 0.717) is 32.5 Å². The number of amides is 3. The Balaban J connectivity index is 1.97. The van der Waals surface area contributed by atoms with Crippen molar-refractivity contribution in [2.24, 2.45) is 0 Å². The topological polar surface area (TPSA) is 64.7 Å². The lowest BCUT2D eigenvalue weighted by Gasteiger charge is -2.43. The lowest BCUT2D eigenvalue weighted by Crippen LogP contribution is -2.67. The molecule has 0 bridgehead atoms. The van der Waals surface area contributed by atoms with E-state index in [1.807, 2.05) is 0 Å². The molecule has 0 aromatic heterocycles. The summed E-state index contributed by atoms with van der Waals surface area (Å²) in [5.41, 5.74) is -0.443. The minimum atomic E-state index is -0.443. The molecule has 2 aliphatic heterocycles. The second-order valence-electron chi connectivity index (χ2n) is 4.93. The van der Waals surface area contributed by atoms with E-state index in [0.717, 1.165) is 6.54 Å². The summed E-state index contributed by atoms with van der Waals surface area (Å²) in [6.45, 7) is 2.78. The van der Waals surface area contributed by atoms with Crippen molar-refractivity contribution in [2.75, 3.05) is 40.3 Å². The quantitative estimate of drug-likeness (QED) is 0.584. The fraction of sp³-hybridized carbons (Fsp3) is 0.818. The highest BCUT2D eigenvalue weighted by Gasteiger charge is 2.43. The van der Waals surface area contributed by atoms with Gasteiger partial charge in [0.15, 0.2) is 0 Å². The van der Waals surface area contributed by atoms with Crippen molar-refractivity contribution in [2.45, 2.75) is 18.4 Å². The third kappa shape index (κ3) is 2.22. The fourth-order valence-electron chi connectivity index (χ4n) is 2.49. The number of likely N-dealkylation sites (tertiary alicyclic amines) is 1. The Morgan fingerprint density at radius 2 is 1.94 bits per heavy atom. The average Bonchev–Trinajstić information content (AvgIpc) is 2.33. The van der Waals surface area contributed by atoms with E-state index in [-0.39, 0.29) is 11.9 Å². The summed E-state index contributed by atoms with van der Waals surface area (Å²) in [5, 5.41) is 6.20. The first kappa shape index (κ1) is 12.2. The summed E-state index contributed by atoms with van der Waals surface area (Å²) >= 11 is 0. The maximum Gasteiger partial charge on any atom is 0.319 e. The number of urea groups is 1. The first-order valence-corrected chi connectivity index (χ1v) is 6.05. The molecule has 1 spiro atoms. The second kappa shape index (κ2) is 4.52. The van der Waals surface area contributed by atoms with Gasteiger partial charge in [-0.15, -0.1) is 0 Å². The van der Waals surface area contributed by atoms with Gasteiger partial charge in [-0.1, -0.05) is 0 Å². The minimum absolute atomic E-state index is 0.0241. The van der Waals surface area contributed by atoms with Crippen LogP contribution in [0.25, 0.3) is 0 Å². The molecule has 0 aromatic rings. The van der Waals surface area contributed by atoms with Crippen molar-refractivity contribution in [3.63, 3.8) is 0 Å². The molecule has 0 radical (unpaired) electrons. The van der Waals surface area contributed by atoms with Gasteiger partial charge in [0.2, 0.25) is 5.91 Å². The second-order valence-corrected chi connectivity index (χ2v) is 4.93. The van der Waals surface area contributed by atoms with Crippen LogP contribution in [0.15, 0.2) is 0 Å². The Kier molecular flexibility index (Phi) is 3.24. The van der Waals surface area contributed by atoms with Crippen molar-refractivity contribution in [3.8, 4) is 0 Å². The van der Waals surface area contributed by atoms with Crippen molar-refractivity contribution < 1.29 is 9.59 Å². The number of hydrogen-bond donors (Lipinski definition) is 2. The number of hydrogen-bond acceptors (Lipinski definition) is 3. The van der Waals surface area contributed by atoms with E-state index in [1.54, 1.807) is 23.9 Å². The van der Waals surface area contributed by atoms with Crippen molar-refractivity contribution in [1.82, 2.24) is 20.4 Å². The molecule has 6 heteroatoms. The summed E-state index contributed by atoms with van der Waals surface area (Å²) in [6.07, 6.45) is 1.39. The SMILES string of the molecule is CN(C)C(=O)N1CCC2(CC1)NCCNC2=O. The molecule has 0 unspecified atom stereocenters. The predicted molar refractivity (Wildman–Crippen MR) is 63.6 cm³/mol. The molecule has 0 saturated carbocycles. The number of piperazine rings is 1. The maximum absolute atomic E-state index is 11.9. The summed E-state index contributed by atoms with van der Waals surface area (Å²) in [5.74, 6) is 0.0840. The molecule has 3 amide bonds. The average molecular weight is 240 g/mol. The fourth-order valence-corrected chi connectivity index (χ4v) is 2.49. The molecule has 17 heavy (non-hydrogen) atoms. The smallest absolute Gasteiger partial charge is 0.319 e. The molecule has 0 aromatic carbocycles. The zero-order valence-electron chi connectivity index (χ0n) is 10.5. The van der Waals surface area contributed by atoms with Crippen LogP contribution in [-0.2, 0) is 4.79 Å². The molecule has 0 aliphatic carbocycles. The van der Waals surface area contributed by atoms with Crippen LogP contribution < -0.4 is 10.6 Å². The van der Waals surface area contributed by atoms with Crippen LogP contribution in [0.1, 0.15) is 12.8 Å². The Morgan fingerprint density at radius 3 is 2.47 bits per heavy atom. The summed E-state index contributed by atoms with van der Waals surface area (Å²) < 4.78 is 0. The molecule has 2 rings (SSSR count). The monoisotopic (exact) mass is 240 g/mol. The zero-order chi connectivity index (χ0) is 12.5. The Morgan fingerprint density at radius 1 is 1.29 bits per heavy atom. The minimum Gasteiger partial charge on any atom is -0.353 e. The van der Waals surface area contributed by atoms with Crippen LogP contribution >= 0.6 is 0 Å². The number of nitrogens with zero attached hydrogens (tertiary/aromatic N) is 2. The van der Waals surface area contributed by atoms with Gasteiger partial charge < -0.3 is 20.4 Å². The van der Waals surface area contributed by atoms with Crippen LogP contribution in [0, 0.1) is 0 Å². The summed E-state index contributed by atoms with van der Waals surface area (Å²) in [6, 6.07) is 0.0241. The van der Waals surface area contributed by atoms with E-state index in [2.05, 4.69) is 10.6 Å². The molecule has 2 saturated heterocycles. The summed E-state index contributed by atoms with van der Waals surface area (Å²) in [4.78, 5) is 27.1. The van der Waals surface area contributed by atoms with Crippen LogP contribution in [0.5, 0.6) is 0 Å². The van der Waals surface area contributed by atoms with Gasteiger partial charge >= 0.3 is 6.03 Å². The first-order chi connectivity index (χ1) is 8.05. The largest absolute Gasteiger partial charge is 0.353 e. The number of piperidine rings is 1. The number of nitrogens with one attached hydrogen (secondary N) is 2. The standard InChI is InChI=1S/C11H20N4O2/c1-14(2)10(17)15-7-3-11(4-8-15)9(16)12-5-6-13-11/h13H,3-8H2,1-2H3,(H,12,16). The third-order valence-corrected chi connectivity index (χ3v) is 3.58. The van der Waals surface area contributed by atoms with E-state index in [1.165, 1.54) is 0 Å². The molecule has 96 valence electrons. The summed E-state index contributed by atoms with van der Waals surface area (Å²) in [7, 11) is 3.50. The van der Waals surface area contributed by atoms with Gasteiger partial charge in [0, 0.05) is 40.3 Å². The highest BCUT2D eigenvalue weighted by molar-refractivity contribution is 5.87. The highest BCUT2D eigenvalue weighted by Crippen LogP contribution is 2.24.